The molecule has 0 fully saturated rings. The van der Waals surface area contributed by atoms with E-state index in [0.29, 0.717) is 36.8 Å². The molecule has 0 amide bonds. The molecule has 0 saturated carbocycles. The monoisotopic (exact) mass is 442 g/mol. The first-order valence-electron chi connectivity index (χ1n) is 12.5. The predicted molar refractivity (Wildman–Crippen MR) is 130 cm³/mol. The molecular weight excluding hydrogens is 400 g/mol. The molecule has 1 aromatic carbocycles. The molecule has 0 aliphatic carbocycles. The maximum absolute atomic E-state index is 13.1. The van der Waals surface area contributed by atoms with Gasteiger partial charge in [-0.25, -0.2) is 4.79 Å². The molecule has 0 bridgehead atoms. The molecule has 1 heterocycles. The Balaban J connectivity index is 1.99. The largest absolute Gasteiger partial charge is 0.466 e. The van der Waals surface area contributed by atoms with Crippen molar-refractivity contribution in [2.75, 3.05) is 6.61 Å². The number of hydrogen-bond donors (Lipinski definition) is 0. The van der Waals surface area contributed by atoms with Gasteiger partial charge in [-0.1, -0.05) is 76.8 Å². The van der Waals surface area contributed by atoms with Crippen LogP contribution in [0.25, 0.3) is 0 Å². The summed E-state index contributed by atoms with van der Waals surface area (Å²) in [6, 6.07) is 5.95. The van der Waals surface area contributed by atoms with Gasteiger partial charge >= 0.3 is 11.9 Å². The van der Waals surface area contributed by atoms with E-state index in [1.165, 1.54) is 19.3 Å². The Hall–Kier alpha value is -2.10. The van der Waals surface area contributed by atoms with E-state index < -0.39 is 0 Å². The predicted octanol–water partition coefficient (Wildman–Crippen LogP) is 6.98. The first kappa shape index (κ1) is 26.2. The molecule has 0 N–H and O–H groups in total. The van der Waals surface area contributed by atoms with Gasteiger partial charge in [0.15, 0.2) is 0 Å². The third-order valence-corrected chi connectivity index (χ3v) is 6.64. The van der Waals surface area contributed by atoms with E-state index in [1.807, 2.05) is 25.1 Å². The summed E-state index contributed by atoms with van der Waals surface area (Å²) >= 11 is 0. The number of cyclic esters (lactones) is 1. The van der Waals surface area contributed by atoms with Gasteiger partial charge in [0.25, 0.3) is 0 Å². The Kier molecular flexibility index (Phi) is 11.5. The van der Waals surface area contributed by atoms with Gasteiger partial charge in [0.05, 0.1) is 12.2 Å². The lowest BCUT2D eigenvalue weighted by Gasteiger charge is -2.26. The molecule has 1 aliphatic heterocycles. The second-order valence-corrected chi connectivity index (χ2v) is 9.41. The lowest BCUT2D eigenvalue weighted by atomic mass is 9.87. The Morgan fingerprint density at radius 2 is 1.88 bits per heavy atom. The van der Waals surface area contributed by atoms with Crippen LogP contribution in [0.15, 0.2) is 30.4 Å². The molecule has 32 heavy (non-hydrogen) atoms. The lowest BCUT2D eigenvalue weighted by molar-refractivity contribution is -0.144. The van der Waals surface area contributed by atoms with Gasteiger partial charge in [-0.2, -0.15) is 0 Å². The number of rotatable bonds is 9. The van der Waals surface area contributed by atoms with E-state index in [4.69, 9.17) is 9.47 Å². The van der Waals surface area contributed by atoms with Gasteiger partial charge in [0.2, 0.25) is 0 Å². The van der Waals surface area contributed by atoms with E-state index in [1.54, 1.807) is 0 Å². The number of unbranched alkanes of at least 4 members (excludes halogenated alkanes) is 4. The van der Waals surface area contributed by atoms with Crippen molar-refractivity contribution in [2.24, 2.45) is 11.8 Å². The number of esters is 2. The summed E-state index contributed by atoms with van der Waals surface area (Å²) < 4.78 is 11.5. The van der Waals surface area contributed by atoms with Gasteiger partial charge < -0.3 is 9.47 Å². The molecule has 4 nitrogen and oxygen atoms in total. The molecule has 0 saturated heterocycles. The first-order chi connectivity index (χ1) is 15.4. The number of aryl methyl sites for hydroxylation is 1. The zero-order chi connectivity index (χ0) is 23.3. The molecule has 0 radical (unpaired) electrons. The van der Waals surface area contributed by atoms with Gasteiger partial charge in [0.1, 0.15) is 6.10 Å². The van der Waals surface area contributed by atoms with Gasteiger partial charge in [-0.15, -0.1) is 0 Å². The molecule has 0 spiro atoms. The smallest absolute Gasteiger partial charge is 0.338 e. The van der Waals surface area contributed by atoms with Crippen LogP contribution in [0.5, 0.6) is 0 Å². The summed E-state index contributed by atoms with van der Waals surface area (Å²) in [6.45, 7) is 8.90. The van der Waals surface area contributed by atoms with Crippen LogP contribution in [0.4, 0.5) is 0 Å². The average Bonchev–Trinajstić information content (AvgIpc) is 2.75. The number of hydrogen-bond acceptors (Lipinski definition) is 4. The molecule has 1 aromatic rings. The molecule has 3 atom stereocenters. The van der Waals surface area contributed by atoms with Crippen molar-refractivity contribution in [3.05, 3.63) is 47.0 Å². The van der Waals surface area contributed by atoms with E-state index in [2.05, 4.69) is 32.9 Å². The fourth-order valence-electron chi connectivity index (χ4n) is 4.28. The normalized spacial score (nSPS) is 22.8. The Labute approximate surface area is 194 Å². The summed E-state index contributed by atoms with van der Waals surface area (Å²) in [5.41, 5.74) is 2.61. The van der Waals surface area contributed by atoms with Crippen LogP contribution in [0.3, 0.4) is 0 Å². The summed E-state index contributed by atoms with van der Waals surface area (Å²) in [7, 11) is 0. The highest BCUT2D eigenvalue weighted by Gasteiger charge is 2.24. The first-order valence-corrected chi connectivity index (χ1v) is 12.5. The average molecular weight is 443 g/mol. The maximum atomic E-state index is 13.1. The zero-order valence-electron chi connectivity index (χ0n) is 20.5. The standard InChI is InChI=1S/C28H42O4/c1-5-6-7-8-9-17-26(29)31-19-18-25-20-23(4)21(2)13-10-11-15-24-16-12-14-22(3)27(24)28(30)32-25/h10-12,14,16,21,23,25H,5-9,13,15,17-20H2,1-4H3/b11-10+/t21-,23+,25-/m0/s1. The highest BCUT2D eigenvalue weighted by Crippen LogP contribution is 2.26. The van der Waals surface area contributed by atoms with Crippen LogP contribution in [-0.4, -0.2) is 24.6 Å². The molecule has 178 valence electrons. The van der Waals surface area contributed by atoms with E-state index in [0.717, 1.165) is 43.2 Å². The molecule has 4 heteroatoms. The third kappa shape index (κ3) is 8.80. The van der Waals surface area contributed by atoms with Gasteiger partial charge in [-0.3, -0.25) is 4.79 Å². The van der Waals surface area contributed by atoms with Crippen molar-refractivity contribution < 1.29 is 19.1 Å². The lowest BCUT2D eigenvalue weighted by Crippen LogP contribution is -2.26. The van der Waals surface area contributed by atoms with Crippen LogP contribution in [0, 0.1) is 18.8 Å². The van der Waals surface area contributed by atoms with E-state index in [-0.39, 0.29) is 18.0 Å². The number of carbonyl (C=O) groups is 2. The fourth-order valence-corrected chi connectivity index (χ4v) is 4.28. The highest BCUT2D eigenvalue weighted by molar-refractivity contribution is 5.93. The van der Waals surface area contributed by atoms with E-state index >= 15 is 0 Å². The second-order valence-electron chi connectivity index (χ2n) is 9.41. The highest BCUT2D eigenvalue weighted by atomic mass is 16.6. The van der Waals surface area contributed by atoms with Gasteiger partial charge in [-0.05, 0) is 55.6 Å². The minimum Gasteiger partial charge on any atom is -0.466 e. The quantitative estimate of drug-likeness (QED) is 0.235. The van der Waals surface area contributed by atoms with Crippen molar-refractivity contribution in [1.29, 1.82) is 0 Å². The van der Waals surface area contributed by atoms with Crippen LogP contribution < -0.4 is 0 Å². The van der Waals surface area contributed by atoms with Crippen molar-refractivity contribution in [1.82, 2.24) is 0 Å². The number of ether oxygens (including phenoxy) is 2. The van der Waals surface area contributed by atoms with Gasteiger partial charge in [0, 0.05) is 12.8 Å². The van der Waals surface area contributed by atoms with Crippen LogP contribution in [0.1, 0.15) is 100 Å². The van der Waals surface area contributed by atoms with Crippen LogP contribution in [-0.2, 0) is 20.7 Å². The van der Waals surface area contributed by atoms with Crippen molar-refractivity contribution in [2.45, 2.75) is 98.0 Å². The molecule has 0 aromatic heterocycles. The molecule has 0 unspecified atom stereocenters. The number of allylic oxidation sites excluding steroid dienone is 2. The molecule has 2 rings (SSSR count). The summed E-state index contributed by atoms with van der Waals surface area (Å²) in [6.07, 6.45) is 13.2. The summed E-state index contributed by atoms with van der Waals surface area (Å²) in [5, 5.41) is 0. The molecular formula is C28H42O4. The van der Waals surface area contributed by atoms with Crippen molar-refractivity contribution >= 4 is 11.9 Å². The summed E-state index contributed by atoms with van der Waals surface area (Å²) in [5.74, 6) is 0.491. The topological polar surface area (TPSA) is 52.6 Å². The fraction of sp³-hybridized carbons (Fsp3) is 0.643. The van der Waals surface area contributed by atoms with Crippen molar-refractivity contribution in [3.63, 3.8) is 0 Å². The van der Waals surface area contributed by atoms with E-state index in [9.17, 15) is 9.59 Å². The Bertz CT molecular complexity index is 752. The summed E-state index contributed by atoms with van der Waals surface area (Å²) in [4.78, 5) is 25.2. The van der Waals surface area contributed by atoms with Crippen molar-refractivity contribution in [3.8, 4) is 0 Å². The number of fused-ring (bicyclic) bond motifs is 1. The van der Waals surface area contributed by atoms with Crippen LogP contribution in [0.2, 0.25) is 0 Å². The second kappa shape index (κ2) is 14.1. The minimum atomic E-state index is -0.265. The minimum absolute atomic E-state index is 0.145. The SMILES string of the molecule is CCCCCCCC(=O)OCC[C@H]1C[C@@H](C)[C@@H](C)C/C=C/Cc2cccc(C)c2C(=O)O1. The Morgan fingerprint density at radius 1 is 1.09 bits per heavy atom. The number of carbonyl (C=O) groups excluding carboxylic acids is 2. The zero-order valence-corrected chi connectivity index (χ0v) is 20.5. The maximum Gasteiger partial charge on any atom is 0.338 e. The van der Waals surface area contributed by atoms with Crippen LogP contribution >= 0.6 is 0 Å². The third-order valence-electron chi connectivity index (χ3n) is 6.64. The Morgan fingerprint density at radius 3 is 2.66 bits per heavy atom. The number of benzene rings is 1. The molecule has 1 aliphatic rings.